The number of anilines is 1. The van der Waals surface area contributed by atoms with Crippen molar-refractivity contribution in [2.24, 2.45) is 5.73 Å². The van der Waals surface area contributed by atoms with E-state index in [4.69, 9.17) is 5.73 Å². The normalized spacial score (nSPS) is 19.9. The van der Waals surface area contributed by atoms with Crippen molar-refractivity contribution >= 4 is 11.6 Å². The van der Waals surface area contributed by atoms with Crippen molar-refractivity contribution in [1.29, 1.82) is 0 Å². The van der Waals surface area contributed by atoms with Gasteiger partial charge in [-0.3, -0.25) is 9.69 Å². The van der Waals surface area contributed by atoms with Gasteiger partial charge in [-0.05, 0) is 31.5 Å². The Bertz CT molecular complexity index is 481. The minimum Gasteiger partial charge on any atom is -0.329 e. The Morgan fingerprint density at radius 1 is 1.40 bits per heavy atom. The zero-order valence-electron chi connectivity index (χ0n) is 11.2. The number of benzene rings is 1. The maximum atomic E-state index is 13.4. The highest BCUT2D eigenvalue weighted by Gasteiger charge is 2.23. The van der Waals surface area contributed by atoms with Gasteiger partial charge in [0.15, 0.2) is 0 Å². The van der Waals surface area contributed by atoms with Crippen LogP contribution in [0.4, 0.5) is 14.5 Å². The number of nitrogens with zero attached hydrogens (tertiary/aromatic N) is 1. The summed E-state index contributed by atoms with van der Waals surface area (Å²) in [5.74, 6) is -1.58. The quantitative estimate of drug-likeness (QED) is 0.884. The molecule has 1 atom stereocenters. The topological polar surface area (TPSA) is 58.4 Å². The summed E-state index contributed by atoms with van der Waals surface area (Å²) in [4.78, 5) is 13.9. The number of hydrogen-bond donors (Lipinski definition) is 2. The molecule has 0 radical (unpaired) electrons. The minimum absolute atomic E-state index is 0.128. The number of carbonyl (C=O) groups is 1. The Morgan fingerprint density at radius 2 is 2.20 bits per heavy atom. The number of rotatable bonds is 4. The SMILES string of the molecule is NCC1CCCCN1CC(=O)Nc1cc(F)ccc1F. The Morgan fingerprint density at radius 3 is 2.95 bits per heavy atom. The van der Waals surface area contributed by atoms with Crippen LogP contribution in [0.1, 0.15) is 19.3 Å². The van der Waals surface area contributed by atoms with Crippen molar-refractivity contribution in [3.05, 3.63) is 29.8 Å². The molecule has 1 heterocycles. The van der Waals surface area contributed by atoms with Gasteiger partial charge in [0.1, 0.15) is 11.6 Å². The molecule has 6 heteroatoms. The Hall–Kier alpha value is -1.53. The second kappa shape index (κ2) is 6.76. The first-order chi connectivity index (χ1) is 9.60. The van der Waals surface area contributed by atoms with Crippen molar-refractivity contribution in [3.8, 4) is 0 Å². The highest BCUT2D eigenvalue weighted by molar-refractivity contribution is 5.92. The van der Waals surface area contributed by atoms with E-state index in [2.05, 4.69) is 5.32 Å². The van der Waals surface area contributed by atoms with Crippen LogP contribution in [0.3, 0.4) is 0 Å². The number of nitrogens with one attached hydrogen (secondary N) is 1. The molecule has 1 saturated heterocycles. The molecule has 20 heavy (non-hydrogen) atoms. The molecule has 0 bridgehead atoms. The lowest BCUT2D eigenvalue weighted by Crippen LogP contribution is -2.47. The maximum absolute atomic E-state index is 13.4. The minimum atomic E-state index is -0.645. The van der Waals surface area contributed by atoms with Crippen molar-refractivity contribution in [1.82, 2.24) is 4.90 Å². The monoisotopic (exact) mass is 283 g/mol. The summed E-state index contributed by atoms with van der Waals surface area (Å²) >= 11 is 0. The Labute approximate surface area is 116 Å². The zero-order valence-corrected chi connectivity index (χ0v) is 11.2. The van der Waals surface area contributed by atoms with E-state index in [0.717, 1.165) is 44.0 Å². The van der Waals surface area contributed by atoms with E-state index in [-0.39, 0.29) is 24.2 Å². The molecule has 1 aromatic carbocycles. The summed E-state index contributed by atoms with van der Waals surface area (Å²) in [5.41, 5.74) is 5.55. The van der Waals surface area contributed by atoms with Crippen LogP contribution >= 0.6 is 0 Å². The van der Waals surface area contributed by atoms with Gasteiger partial charge in [-0.25, -0.2) is 8.78 Å². The number of nitrogens with two attached hydrogens (primary N) is 1. The van der Waals surface area contributed by atoms with Crippen LogP contribution in [0.25, 0.3) is 0 Å². The summed E-state index contributed by atoms with van der Waals surface area (Å²) in [5, 5.41) is 2.41. The molecule has 2 rings (SSSR count). The van der Waals surface area contributed by atoms with Crippen molar-refractivity contribution in [3.63, 3.8) is 0 Å². The molecule has 1 aromatic rings. The molecule has 1 amide bonds. The Balaban J connectivity index is 1.96. The third-order valence-corrected chi connectivity index (χ3v) is 3.57. The van der Waals surface area contributed by atoms with E-state index in [9.17, 15) is 13.6 Å². The molecule has 0 aromatic heterocycles. The van der Waals surface area contributed by atoms with Gasteiger partial charge in [0.2, 0.25) is 5.91 Å². The van der Waals surface area contributed by atoms with Crippen molar-refractivity contribution < 1.29 is 13.6 Å². The molecule has 1 fully saturated rings. The van der Waals surface area contributed by atoms with Gasteiger partial charge >= 0.3 is 0 Å². The highest BCUT2D eigenvalue weighted by atomic mass is 19.1. The smallest absolute Gasteiger partial charge is 0.238 e. The number of piperidine rings is 1. The summed E-state index contributed by atoms with van der Waals surface area (Å²) in [6, 6.07) is 3.17. The molecule has 0 aliphatic carbocycles. The molecular weight excluding hydrogens is 264 g/mol. The first kappa shape index (κ1) is 14.9. The summed E-state index contributed by atoms with van der Waals surface area (Å²) in [6.45, 7) is 1.46. The second-order valence-electron chi connectivity index (χ2n) is 5.03. The fourth-order valence-corrected chi connectivity index (χ4v) is 2.50. The summed E-state index contributed by atoms with van der Waals surface area (Å²) < 4.78 is 26.5. The van der Waals surface area contributed by atoms with Crippen LogP contribution in [0.15, 0.2) is 18.2 Å². The van der Waals surface area contributed by atoms with E-state index in [1.165, 1.54) is 0 Å². The van der Waals surface area contributed by atoms with Crippen molar-refractivity contribution in [2.45, 2.75) is 25.3 Å². The van der Waals surface area contributed by atoms with Gasteiger partial charge < -0.3 is 11.1 Å². The lowest BCUT2D eigenvalue weighted by molar-refractivity contribution is -0.118. The third kappa shape index (κ3) is 3.74. The van der Waals surface area contributed by atoms with Gasteiger partial charge in [-0.2, -0.15) is 0 Å². The molecule has 110 valence electrons. The predicted octanol–water partition coefficient (Wildman–Crippen LogP) is 1.72. The van der Waals surface area contributed by atoms with Crippen LogP contribution in [-0.4, -0.2) is 36.5 Å². The third-order valence-electron chi connectivity index (χ3n) is 3.57. The van der Waals surface area contributed by atoms with Crippen LogP contribution in [-0.2, 0) is 4.79 Å². The van der Waals surface area contributed by atoms with E-state index in [0.29, 0.717) is 6.54 Å². The predicted molar refractivity (Wildman–Crippen MR) is 73.3 cm³/mol. The molecule has 1 unspecified atom stereocenters. The van der Waals surface area contributed by atoms with Crippen LogP contribution in [0, 0.1) is 11.6 Å². The molecule has 4 nitrogen and oxygen atoms in total. The van der Waals surface area contributed by atoms with E-state index in [1.807, 2.05) is 4.90 Å². The molecule has 3 N–H and O–H groups in total. The van der Waals surface area contributed by atoms with Crippen LogP contribution < -0.4 is 11.1 Å². The molecular formula is C14H19F2N3O. The van der Waals surface area contributed by atoms with E-state index in [1.54, 1.807) is 0 Å². The molecule has 0 saturated carbocycles. The molecule has 1 aliphatic heterocycles. The van der Waals surface area contributed by atoms with Crippen LogP contribution in [0.2, 0.25) is 0 Å². The first-order valence-electron chi connectivity index (χ1n) is 6.79. The zero-order chi connectivity index (χ0) is 14.5. The first-order valence-corrected chi connectivity index (χ1v) is 6.79. The summed E-state index contributed by atoms with van der Waals surface area (Å²) in [7, 11) is 0. The van der Waals surface area contributed by atoms with Gasteiger partial charge in [-0.1, -0.05) is 6.42 Å². The fourth-order valence-electron chi connectivity index (χ4n) is 2.50. The summed E-state index contributed by atoms with van der Waals surface area (Å²) in [6.07, 6.45) is 3.11. The highest BCUT2D eigenvalue weighted by Crippen LogP contribution is 2.17. The van der Waals surface area contributed by atoms with E-state index < -0.39 is 11.6 Å². The number of halogens is 2. The molecule has 1 aliphatic rings. The standard InChI is InChI=1S/C14H19F2N3O/c15-10-4-5-12(16)13(7-10)18-14(20)9-19-6-2-1-3-11(19)8-17/h4-5,7,11H,1-3,6,8-9,17H2,(H,18,20). The van der Waals surface area contributed by atoms with Crippen molar-refractivity contribution in [2.75, 3.05) is 25.0 Å². The van der Waals surface area contributed by atoms with Gasteiger partial charge in [0.25, 0.3) is 0 Å². The maximum Gasteiger partial charge on any atom is 0.238 e. The van der Waals surface area contributed by atoms with E-state index >= 15 is 0 Å². The number of amides is 1. The number of hydrogen-bond acceptors (Lipinski definition) is 3. The van der Waals surface area contributed by atoms with Gasteiger partial charge in [0.05, 0.1) is 12.2 Å². The van der Waals surface area contributed by atoms with Gasteiger partial charge in [0, 0.05) is 18.7 Å². The largest absolute Gasteiger partial charge is 0.329 e. The van der Waals surface area contributed by atoms with Gasteiger partial charge in [-0.15, -0.1) is 0 Å². The Kier molecular flexibility index (Phi) is 5.03. The number of carbonyl (C=O) groups excluding carboxylic acids is 1. The lowest BCUT2D eigenvalue weighted by atomic mass is 10.0. The second-order valence-corrected chi connectivity index (χ2v) is 5.03. The number of likely N-dealkylation sites (tertiary alicyclic amines) is 1. The fraction of sp³-hybridized carbons (Fsp3) is 0.500. The van der Waals surface area contributed by atoms with Crippen LogP contribution in [0.5, 0.6) is 0 Å². The molecule has 0 spiro atoms. The average Bonchev–Trinajstić information content (AvgIpc) is 2.43. The lowest BCUT2D eigenvalue weighted by Gasteiger charge is -2.34. The average molecular weight is 283 g/mol.